The van der Waals surface area contributed by atoms with Crippen LogP contribution in [0.15, 0.2) is 18.2 Å². The molecule has 0 atom stereocenters. The average Bonchev–Trinajstić information content (AvgIpc) is 2.62. The monoisotopic (exact) mass is 283 g/mol. The van der Waals surface area contributed by atoms with Gasteiger partial charge in [0.05, 0.1) is 35.8 Å². The molecule has 2 rings (SSSR count). The van der Waals surface area contributed by atoms with Crippen LogP contribution in [0.25, 0.3) is 0 Å². The maximum absolute atomic E-state index is 13.1. The van der Waals surface area contributed by atoms with E-state index in [9.17, 15) is 4.39 Å². The highest BCUT2D eigenvalue weighted by Gasteiger charge is 2.11. The fourth-order valence-corrected chi connectivity index (χ4v) is 2.09. The molecule has 0 fully saturated rings. The maximum Gasteiger partial charge on any atom is 0.144 e. The summed E-state index contributed by atoms with van der Waals surface area (Å²) in [7, 11) is 3.33. The molecular formula is C13H15ClFN3O. The second-order valence-electron chi connectivity index (χ2n) is 4.17. The number of hydrogen-bond acceptors (Lipinski definition) is 3. The summed E-state index contributed by atoms with van der Waals surface area (Å²) < 4.78 is 19.9. The number of halogens is 2. The Kier molecular flexibility index (Phi) is 3.95. The van der Waals surface area contributed by atoms with Crippen LogP contribution < -0.4 is 10.1 Å². The number of anilines is 1. The van der Waals surface area contributed by atoms with E-state index in [0.29, 0.717) is 23.0 Å². The lowest BCUT2D eigenvalue weighted by molar-refractivity contribution is 0.413. The van der Waals surface area contributed by atoms with Gasteiger partial charge in [-0.1, -0.05) is 11.6 Å². The van der Waals surface area contributed by atoms with E-state index in [1.807, 2.05) is 14.0 Å². The molecule has 0 amide bonds. The van der Waals surface area contributed by atoms with Crippen LogP contribution in [0.5, 0.6) is 5.75 Å². The van der Waals surface area contributed by atoms with Gasteiger partial charge in [0.1, 0.15) is 11.6 Å². The summed E-state index contributed by atoms with van der Waals surface area (Å²) in [6.45, 7) is 2.34. The Morgan fingerprint density at radius 3 is 2.79 bits per heavy atom. The van der Waals surface area contributed by atoms with Crippen LogP contribution in [0, 0.1) is 12.7 Å². The Hall–Kier alpha value is -1.75. The first-order chi connectivity index (χ1) is 9.02. The Balaban J connectivity index is 2.19. The largest absolute Gasteiger partial charge is 0.494 e. The van der Waals surface area contributed by atoms with Crippen LogP contribution >= 0.6 is 11.6 Å². The SMILES string of the molecule is COc1cc(F)ccc1NCc1c(Cl)c(C)nn1C. The number of aromatic nitrogens is 2. The summed E-state index contributed by atoms with van der Waals surface area (Å²) >= 11 is 6.16. The van der Waals surface area contributed by atoms with Crippen molar-refractivity contribution in [2.45, 2.75) is 13.5 Å². The number of nitrogens with one attached hydrogen (secondary N) is 1. The number of aryl methyl sites for hydroxylation is 2. The lowest BCUT2D eigenvalue weighted by Crippen LogP contribution is -2.07. The number of benzene rings is 1. The van der Waals surface area contributed by atoms with Crippen molar-refractivity contribution in [2.24, 2.45) is 7.05 Å². The quantitative estimate of drug-likeness (QED) is 0.937. The molecule has 0 saturated heterocycles. The van der Waals surface area contributed by atoms with Crippen LogP contribution in [0.4, 0.5) is 10.1 Å². The van der Waals surface area contributed by atoms with Crippen molar-refractivity contribution in [1.82, 2.24) is 9.78 Å². The van der Waals surface area contributed by atoms with Gasteiger partial charge in [0.15, 0.2) is 0 Å². The fraction of sp³-hybridized carbons (Fsp3) is 0.308. The molecule has 102 valence electrons. The summed E-state index contributed by atoms with van der Waals surface area (Å²) in [6, 6.07) is 4.34. The minimum atomic E-state index is -0.336. The van der Waals surface area contributed by atoms with Crippen molar-refractivity contribution in [2.75, 3.05) is 12.4 Å². The summed E-state index contributed by atoms with van der Waals surface area (Å²) in [6.07, 6.45) is 0. The number of nitrogens with zero attached hydrogens (tertiary/aromatic N) is 2. The highest BCUT2D eigenvalue weighted by molar-refractivity contribution is 6.31. The first kappa shape index (κ1) is 13.7. The third-order valence-corrected chi connectivity index (χ3v) is 3.36. The van der Waals surface area contributed by atoms with Crippen molar-refractivity contribution in [3.05, 3.63) is 40.4 Å². The summed E-state index contributed by atoms with van der Waals surface area (Å²) in [5, 5.41) is 8.03. The minimum absolute atomic E-state index is 0.336. The van der Waals surface area contributed by atoms with Crippen LogP contribution in [0.2, 0.25) is 5.02 Å². The molecule has 0 bridgehead atoms. The van der Waals surface area contributed by atoms with Gasteiger partial charge in [-0.3, -0.25) is 4.68 Å². The van der Waals surface area contributed by atoms with Crippen molar-refractivity contribution in [3.8, 4) is 5.75 Å². The lowest BCUT2D eigenvalue weighted by atomic mass is 10.2. The van der Waals surface area contributed by atoms with Crippen molar-refractivity contribution in [3.63, 3.8) is 0 Å². The second-order valence-corrected chi connectivity index (χ2v) is 4.55. The van der Waals surface area contributed by atoms with Gasteiger partial charge in [-0.2, -0.15) is 5.10 Å². The molecule has 1 heterocycles. The molecule has 2 aromatic rings. The highest BCUT2D eigenvalue weighted by atomic mass is 35.5. The van der Waals surface area contributed by atoms with E-state index in [2.05, 4.69) is 10.4 Å². The number of rotatable bonds is 4. The zero-order chi connectivity index (χ0) is 14.0. The smallest absolute Gasteiger partial charge is 0.144 e. The van der Waals surface area contributed by atoms with Crippen LogP contribution in [0.3, 0.4) is 0 Å². The zero-order valence-electron chi connectivity index (χ0n) is 11.0. The number of hydrogen-bond donors (Lipinski definition) is 1. The van der Waals surface area contributed by atoms with Crippen LogP contribution in [0.1, 0.15) is 11.4 Å². The first-order valence-corrected chi connectivity index (χ1v) is 6.16. The molecule has 0 radical (unpaired) electrons. The Labute approximate surface area is 116 Å². The molecule has 19 heavy (non-hydrogen) atoms. The molecule has 1 aromatic carbocycles. The first-order valence-electron chi connectivity index (χ1n) is 5.78. The predicted octanol–water partition coefficient (Wildman–Crippen LogP) is 3.14. The van der Waals surface area contributed by atoms with Crippen molar-refractivity contribution >= 4 is 17.3 Å². The Bertz CT molecular complexity index is 598. The van der Waals surface area contributed by atoms with Crippen molar-refractivity contribution in [1.29, 1.82) is 0 Å². The van der Waals surface area contributed by atoms with Gasteiger partial charge >= 0.3 is 0 Å². The summed E-state index contributed by atoms with van der Waals surface area (Å²) in [4.78, 5) is 0. The molecule has 0 saturated carbocycles. The number of ether oxygens (including phenoxy) is 1. The molecule has 0 unspecified atom stereocenters. The standard InChI is InChI=1S/C13H15ClFN3O/c1-8-13(14)11(18(2)17-8)7-16-10-5-4-9(15)6-12(10)19-3/h4-6,16H,7H2,1-3H3. The third kappa shape index (κ3) is 2.81. The summed E-state index contributed by atoms with van der Waals surface area (Å²) in [5.74, 6) is 0.117. The second kappa shape index (κ2) is 5.48. The Morgan fingerprint density at radius 1 is 1.47 bits per heavy atom. The van der Waals surface area contributed by atoms with Gasteiger partial charge in [-0.15, -0.1) is 0 Å². The van der Waals surface area contributed by atoms with E-state index in [0.717, 1.165) is 11.4 Å². The average molecular weight is 284 g/mol. The van der Waals surface area contributed by atoms with E-state index < -0.39 is 0 Å². The van der Waals surface area contributed by atoms with Crippen LogP contribution in [-0.4, -0.2) is 16.9 Å². The van der Waals surface area contributed by atoms with Crippen molar-refractivity contribution < 1.29 is 9.13 Å². The van der Waals surface area contributed by atoms with Gasteiger partial charge in [-0.25, -0.2) is 4.39 Å². The van der Waals surface area contributed by atoms with E-state index in [1.165, 1.54) is 19.2 Å². The highest BCUT2D eigenvalue weighted by Crippen LogP contribution is 2.27. The van der Waals surface area contributed by atoms with Gasteiger partial charge < -0.3 is 10.1 Å². The Morgan fingerprint density at radius 2 is 2.21 bits per heavy atom. The zero-order valence-corrected chi connectivity index (χ0v) is 11.8. The van der Waals surface area contributed by atoms with E-state index in [1.54, 1.807) is 10.7 Å². The van der Waals surface area contributed by atoms with E-state index in [4.69, 9.17) is 16.3 Å². The molecule has 0 spiro atoms. The maximum atomic E-state index is 13.1. The van der Waals surface area contributed by atoms with Gasteiger partial charge in [0.2, 0.25) is 0 Å². The van der Waals surface area contributed by atoms with Gasteiger partial charge in [0, 0.05) is 13.1 Å². The minimum Gasteiger partial charge on any atom is -0.494 e. The molecule has 0 aliphatic rings. The van der Waals surface area contributed by atoms with E-state index in [-0.39, 0.29) is 5.82 Å². The molecular weight excluding hydrogens is 269 g/mol. The molecule has 1 N–H and O–H groups in total. The molecule has 1 aromatic heterocycles. The normalized spacial score (nSPS) is 10.6. The van der Waals surface area contributed by atoms with Crippen LogP contribution in [-0.2, 0) is 13.6 Å². The molecule has 0 aliphatic heterocycles. The fourth-order valence-electron chi connectivity index (χ4n) is 1.86. The number of methoxy groups -OCH3 is 1. The molecule has 4 nitrogen and oxygen atoms in total. The molecule has 6 heteroatoms. The predicted molar refractivity (Wildman–Crippen MR) is 73.2 cm³/mol. The van der Waals surface area contributed by atoms with Gasteiger partial charge in [0.25, 0.3) is 0 Å². The van der Waals surface area contributed by atoms with Gasteiger partial charge in [-0.05, 0) is 19.1 Å². The summed E-state index contributed by atoms with van der Waals surface area (Å²) in [5.41, 5.74) is 2.36. The third-order valence-electron chi connectivity index (χ3n) is 2.87. The topological polar surface area (TPSA) is 39.1 Å². The van der Waals surface area contributed by atoms with E-state index >= 15 is 0 Å². The lowest BCUT2D eigenvalue weighted by Gasteiger charge is -2.11. The molecule has 0 aliphatic carbocycles.